The van der Waals surface area contributed by atoms with Gasteiger partial charge >= 0.3 is 12.2 Å². The Bertz CT molecular complexity index is 261. The van der Waals surface area contributed by atoms with E-state index in [1.165, 1.54) is 11.9 Å². The Hall–Kier alpha value is -1.46. The largest absolute Gasteiger partial charge is 0.465 e. The van der Waals surface area contributed by atoms with E-state index >= 15 is 0 Å². The fourth-order valence-corrected chi connectivity index (χ4v) is 0.827. The maximum absolute atomic E-state index is 11.5. The average molecular weight is 262 g/mol. The van der Waals surface area contributed by atoms with Crippen LogP contribution in [0.25, 0.3) is 0 Å². The minimum absolute atomic E-state index is 0.255. The van der Waals surface area contributed by atoms with Crippen molar-refractivity contribution >= 4 is 12.2 Å². The number of ether oxygens (including phenoxy) is 1. The number of carbonyl (C=O) groups excluding carboxylic acids is 1. The summed E-state index contributed by atoms with van der Waals surface area (Å²) in [5, 5.41) is 8.61. The van der Waals surface area contributed by atoms with Gasteiger partial charge < -0.3 is 19.6 Å². The number of carboxylic acid groups (broad SMARTS) is 1. The van der Waals surface area contributed by atoms with Crippen molar-refractivity contribution in [3.8, 4) is 0 Å². The van der Waals surface area contributed by atoms with Gasteiger partial charge in [-0.15, -0.1) is 0 Å². The van der Waals surface area contributed by atoms with Gasteiger partial charge in [-0.1, -0.05) is 13.8 Å². The van der Waals surface area contributed by atoms with Crippen molar-refractivity contribution in [1.82, 2.24) is 9.80 Å². The van der Waals surface area contributed by atoms with E-state index in [0.29, 0.717) is 6.54 Å². The fourth-order valence-electron chi connectivity index (χ4n) is 0.827. The SMILES string of the molecule is CC.CN(CCN(C)C(=O)OC(C)(C)C)C(=O)O. The average Bonchev–Trinajstić information content (AvgIpc) is 2.25. The Morgan fingerprint density at radius 1 is 1.06 bits per heavy atom. The zero-order chi connectivity index (χ0) is 14.9. The van der Waals surface area contributed by atoms with Gasteiger partial charge in [0.05, 0.1) is 0 Å². The highest BCUT2D eigenvalue weighted by Crippen LogP contribution is 2.08. The summed E-state index contributed by atoms with van der Waals surface area (Å²) < 4.78 is 5.11. The first-order valence-corrected chi connectivity index (χ1v) is 6.01. The van der Waals surface area contributed by atoms with Gasteiger partial charge in [0.2, 0.25) is 0 Å². The van der Waals surface area contributed by atoms with E-state index in [9.17, 15) is 9.59 Å². The van der Waals surface area contributed by atoms with Gasteiger partial charge in [-0.25, -0.2) is 9.59 Å². The molecule has 18 heavy (non-hydrogen) atoms. The van der Waals surface area contributed by atoms with Crippen LogP contribution in [0.1, 0.15) is 34.6 Å². The van der Waals surface area contributed by atoms with Crippen LogP contribution in [0.2, 0.25) is 0 Å². The smallest absolute Gasteiger partial charge is 0.410 e. The van der Waals surface area contributed by atoms with E-state index in [2.05, 4.69) is 0 Å². The van der Waals surface area contributed by atoms with Crippen LogP contribution >= 0.6 is 0 Å². The lowest BCUT2D eigenvalue weighted by Crippen LogP contribution is -2.39. The molecule has 0 rings (SSSR count). The van der Waals surface area contributed by atoms with Crippen LogP contribution in [-0.4, -0.2) is 59.9 Å². The molecule has 1 N–H and O–H groups in total. The van der Waals surface area contributed by atoms with Crippen molar-refractivity contribution in [3.05, 3.63) is 0 Å². The molecule has 0 aliphatic carbocycles. The number of rotatable bonds is 3. The zero-order valence-electron chi connectivity index (χ0n) is 12.5. The Kier molecular flexibility index (Phi) is 9.03. The summed E-state index contributed by atoms with van der Waals surface area (Å²) >= 11 is 0. The van der Waals surface area contributed by atoms with Gasteiger partial charge in [-0.05, 0) is 20.8 Å². The van der Waals surface area contributed by atoms with Crippen molar-refractivity contribution in [3.63, 3.8) is 0 Å². The molecule has 6 nitrogen and oxygen atoms in total. The summed E-state index contributed by atoms with van der Waals surface area (Å²) in [5.74, 6) is 0. The van der Waals surface area contributed by atoms with Crippen LogP contribution in [0.4, 0.5) is 9.59 Å². The third kappa shape index (κ3) is 9.74. The van der Waals surface area contributed by atoms with Crippen molar-refractivity contribution in [2.45, 2.75) is 40.2 Å². The topological polar surface area (TPSA) is 70.1 Å². The molecule has 0 aromatic rings. The van der Waals surface area contributed by atoms with Crippen LogP contribution in [0, 0.1) is 0 Å². The van der Waals surface area contributed by atoms with Gasteiger partial charge in [-0.2, -0.15) is 0 Å². The number of amides is 2. The number of nitrogens with zero attached hydrogens (tertiary/aromatic N) is 2. The number of likely N-dealkylation sites (N-methyl/N-ethyl adjacent to an activating group) is 2. The second-order valence-corrected chi connectivity index (χ2v) is 4.61. The number of carbonyl (C=O) groups is 2. The standard InChI is InChI=1S/C10H20N2O4.C2H6/c1-10(2,3)16-9(15)12(5)7-6-11(4)8(13)14;1-2/h6-7H2,1-5H3,(H,13,14);1-2H3. The molecule has 0 saturated carbocycles. The first-order valence-electron chi connectivity index (χ1n) is 6.01. The molecule has 0 aromatic carbocycles. The van der Waals surface area contributed by atoms with Crippen molar-refractivity contribution in [2.75, 3.05) is 27.2 Å². The molecule has 0 unspecified atom stereocenters. The number of hydrogen-bond donors (Lipinski definition) is 1. The monoisotopic (exact) mass is 262 g/mol. The lowest BCUT2D eigenvalue weighted by atomic mass is 10.2. The quantitative estimate of drug-likeness (QED) is 0.848. The van der Waals surface area contributed by atoms with Crippen molar-refractivity contribution < 1.29 is 19.4 Å². The van der Waals surface area contributed by atoms with E-state index in [0.717, 1.165) is 4.90 Å². The summed E-state index contributed by atoms with van der Waals surface area (Å²) in [4.78, 5) is 24.4. The molecule has 6 heteroatoms. The highest BCUT2D eigenvalue weighted by atomic mass is 16.6. The minimum Gasteiger partial charge on any atom is -0.465 e. The molecule has 0 atom stereocenters. The third-order valence-electron chi connectivity index (χ3n) is 1.80. The van der Waals surface area contributed by atoms with E-state index in [1.807, 2.05) is 13.8 Å². The molecule has 0 saturated heterocycles. The molecule has 0 radical (unpaired) electrons. The maximum Gasteiger partial charge on any atom is 0.410 e. The van der Waals surface area contributed by atoms with Crippen LogP contribution in [0.3, 0.4) is 0 Å². The molecule has 0 heterocycles. The van der Waals surface area contributed by atoms with Gasteiger partial charge in [-0.3, -0.25) is 0 Å². The van der Waals surface area contributed by atoms with Crippen LogP contribution < -0.4 is 0 Å². The second kappa shape index (κ2) is 8.60. The highest BCUT2D eigenvalue weighted by molar-refractivity contribution is 5.68. The summed E-state index contributed by atoms with van der Waals surface area (Å²) in [6.07, 6.45) is -1.47. The predicted octanol–water partition coefficient (Wildman–Crippen LogP) is 2.49. The lowest BCUT2D eigenvalue weighted by Gasteiger charge is -2.25. The molecule has 0 spiro atoms. The van der Waals surface area contributed by atoms with Crippen LogP contribution in [-0.2, 0) is 4.74 Å². The Labute approximate surface area is 110 Å². The fraction of sp³-hybridized carbons (Fsp3) is 0.833. The van der Waals surface area contributed by atoms with Gasteiger partial charge in [0.25, 0.3) is 0 Å². The van der Waals surface area contributed by atoms with E-state index in [4.69, 9.17) is 9.84 Å². The Morgan fingerprint density at radius 3 is 1.78 bits per heavy atom. The van der Waals surface area contributed by atoms with E-state index in [1.54, 1.807) is 27.8 Å². The van der Waals surface area contributed by atoms with Gasteiger partial charge in [0.1, 0.15) is 5.60 Å². The van der Waals surface area contributed by atoms with Gasteiger partial charge in [0.15, 0.2) is 0 Å². The minimum atomic E-state index is -1.02. The van der Waals surface area contributed by atoms with Crippen molar-refractivity contribution in [1.29, 1.82) is 0 Å². The normalized spacial score (nSPS) is 9.94. The second-order valence-electron chi connectivity index (χ2n) is 4.61. The summed E-state index contributed by atoms with van der Waals surface area (Å²) in [6, 6.07) is 0. The molecule has 0 aliphatic rings. The maximum atomic E-state index is 11.5. The third-order valence-corrected chi connectivity index (χ3v) is 1.80. The summed E-state index contributed by atoms with van der Waals surface area (Å²) in [7, 11) is 3.02. The zero-order valence-corrected chi connectivity index (χ0v) is 12.5. The van der Waals surface area contributed by atoms with Crippen molar-refractivity contribution in [2.24, 2.45) is 0 Å². The lowest BCUT2D eigenvalue weighted by molar-refractivity contribution is 0.0286. The molecular formula is C12H26N2O4. The molecule has 0 aromatic heterocycles. The number of hydrogen-bond acceptors (Lipinski definition) is 3. The Morgan fingerprint density at radius 2 is 1.44 bits per heavy atom. The summed E-state index contributed by atoms with van der Waals surface area (Å²) in [6.45, 7) is 9.90. The predicted molar refractivity (Wildman–Crippen MR) is 70.9 cm³/mol. The molecule has 0 bridgehead atoms. The molecular weight excluding hydrogens is 236 g/mol. The van der Waals surface area contributed by atoms with Gasteiger partial charge in [0, 0.05) is 27.2 Å². The molecule has 2 amide bonds. The van der Waals surface area contributed by atoms with Crippen LogP contribution in [0.15, 0.2) is 0 Å². The van der Waals surface area contributed by atoms with E-state index in [-0.39, 0.29) is 6.54 Å². The van der Waals surface area contributed by atoms with Crippen LogP contribution in [0.5, 0.6) is 0 Å². The molecule has 0 aliphatic heterocycles. The molecule has 108 valence electrons. The molecule has 0 fully saturated rings. The first-order chi connectivity index (χ1) is 8.13. The highest BCUT2D eigenvalue weighted by Gasteiger charge is 2.19. The van der Waals surface area contributed by atoms with E-state index < -0.39 is 17.8 Å². The first kappa shape index (κ1) is 18.9. The summed E-state index contributed by atoms with van der Waals surface area (Å²) in [5.41, 5.74) is -0.538. The Balaban J connectivity index is 0.